The van der Waals surface area contributed by atoms with E-state index in [2.05, 4.69) is 25.9 Å². The van der Waals surface area contributed by atoms with Crippen molar-refractivity contribution in [2.75, 3.05) is 12.0 Å². The minimum atomic E-state index is -1.18. The third kappa shape index (κ3) is 10.8. The van der Waals surface area contributed by atoms with Gasteiger partial charge in [0.25, 0.3) is 0 Å². The maximum Gasteiger partial charge on any atom is 0.326 e. The molecule has 13 nitrogen and oxygen atoms in total. The monoisotopic (exact) mass is 513 g/mol. The van der Waals surface area contributed by atoms with Crippen molar-refractivity contribution in [1.82, 2.24) is 25.9 Å². The number of H-pyrrole nitrogens is 1. The van der Waals surface area contributed by atoms with Gasteiger partial charge in [0.15, 0.2) is 0 Å². The molecule has 14 heteroatoms. The first-order valence-electron chi connectivity index (χ1n) is 11.1. The number of aliphatic carboxylic acids is 1. The van der Waals surface area contributed by atoms with E-state index in [9.17, 15) is 29.1 Å². The van der Waals surface area contributed by atoms with E-state index in [0.29, 0.717) is 11.4 Å². The van der Waals surface area contributed by atoms with Crippen LogP contribution in [0.3, 0.4) is 0 Å². The summed E-state index contributed by atoms with van der Waals surface area (Å²) < 4.78 is 0. The average molecular weight is 514 g/mol. The Morgan fingerprint density at radius 3 is 2.20 bits per heavy atom. The van der Waals surface area contributed by atoms with Crippen LogP contribution in [-0.2, 0) is 30.4 Å². The number of nitrogens with one attached hydrogen (secondary N) is 4. The molecule has 1 aromatic rings. The molecule has 0 aliphatic heterocycles. The number of carbonyl (C=O) groups is 5. The Labute approximate surface area is 207 Å². The molecule has 9 N–H and O–H groups in total. The molecule has 0 aliphatic rings. The van der Waals surface area contributed by atoms with E-state index in [-0.39, 0.29) is 31.6 Å². The maximum absolute atomic E-state index is 13.1. The van der Waals surface area contributed by atoms with Crippen molar-refractivity contribution in [3.63, 3.8) is 0 Å². The van der Waals surface area contributed by atoms with Crippen LogP contribution in [0.15, 0.2) is 12.5 Å². The van der Waals surface area contributed by atoms with Gasteiger partial charge < -0.3 is 37.5 Å². The highest BCUT2D eigenvalue weighted by atomic mass is 32.2. The Morgan fingerprint density at radius 1 is 1.06 bits per heavy atom. The van der Waals surface area contributed by atoms with Crippen LogP contribution in [0.25, 0.3) is 0 Å². The standard InChI is InChI=1S/C21H35N7O6S/c1-11(2)17(21(33)34)28-19(31)14(6-7-35-3)26-20(32)15(8-12-9-24-10-25-12)27-18(30)13(22)4-5-16(23)29/h9-11,13-15,17H,4-8,22H2,1-3H3,(H2,23,29)(H,24,25)(H,26,32)(H,27,30)(H,28,31)(H,33,34). The van der Waals surface area contributed by atoms with Crippen molar-refractivity contribution in [2.45, 2.75) is 63.7 Å². The number of imidazole rings is 1. The predicted octanol–water partition coefficient (Wildman–Crippen LogP) is -1.51. The summed E-state index contributed by atoms with van der Waals surface area (Å²) in [5, 5.41) is 17.0. The van der Waals surface area contributed by atoms with E-state index < -0.39 is 53.8 Å². The Kier molecular flexibility index (Phi) is 12.8. The van der Waals surface area contributed by atoms with Gasteiger partial charge in [-0.25, -0.2) is 9.78 Å². The summed E-state index contributed by atoms with van der Waals surface area (Å²) in [6, 6.07) is -4.34. The fourth-order valence-electron chi connectivity index (χ4n) is 3.08. The highest BCUT2D eigenvalue weighted by Crippen LogP contribution is 2.07. The van der Waals surface area contributed by atoms with E-state index in [4.69, 9.17) is 11.5 Å². The summed E-state index contributed by atoms with van der Waals surface area (Å²) >= 11 is 1.46. The maximum atomic E-state index is 13.1. The fourth-order valence-corrected chi connectivity index (χ4v) is 3.55. The number of amides is 4. The zero-order valence-electron chi connectivity index (χ0n) is 20.1. The van der Waals surface area contributed by atoms with Crippen LogP contribution < -0.4 is 27.4 Å². The van der Waals surface area contributed by atoms with Crippen molar-refractivity contribution < 1.29 is 29.1 Å². The molecule has 1 rings (SSSR count). The van der Waals surface area contributed by atoms with Gasteiger partial charge in [-0.1, -0.05) is 13.8 Å². The highest BCUT2D eigenvalue weighted by molar-refractivity contribution is 7.98. The number of nitrogens with zero attached hydrogens (tertiary/aromatic N) is 1. The van der Waals surface area contributed by atoms with Crippen LogP contribution in [-0.4, -0.2) is 80.8 Å². The molecule has 4 amide bonds. The number of rotatable bonds is 16. The zero-order valence-corrected chi connectivity index (χ0v) is 20.9. The molecule has 1 heterocycles. The predicted molar refractivity (Wildman–Crippen MR) is 130 cm³/mol. The van der Waals surface area contributed by atoms with E-state index >= 15 is 0 Å². The minimum Gasteiger partial charge on any atom is -0.480 e. The summed E-state index contributed by atoms with van der Waals surface area (Å²) in [7, 11) is 0. The van der Waals surface area contributed by atoms with Crippen molar-refractivity contribution in [3.8, 4) is 0 Å². The molecule has 0 bridgehead atoms. The van der Waals surface area contributed by atoms with Crippen LogP contribution in [0.2, 0.25) is 0 Å². The van der Waals surface area contributed by atoms with Crippen LogP contribution in [0, 0.1) is 5.92 Å². The first-order chi connectivity index (χ1) is 16.5. The van der Waals surface area contributed by atoms with Crippen molar-refractivity contribution in [1.29, 1.82) is 0 Å². The molecule has 1 aromatic heterocycles. The zero-order chi connectivity index (χ0) is 26.5. The van der Waals surface area contributed by atoms with E-state index in [1.165, 1.54) is 24.3 Å². The molecule has 0 saturated heterocycles. The van der Waals surface area contributed by atoms with E-state index in [1.807, 2.05) is 6.26 Å². The molecular weight excluding hydrogens is 478 g/mol. The number of primary amides is 1. The molecule has 0 fully saturated rings. The lowest BCUT2D eigenvalue weighted by atomic mass is 10.0. The second-order valence-corrected chi connectivity index (χ2v) is 9.35. The van der Waals surface area contributed by atoms with Gasteiger partial charge in [0.2, 0.25) is 23.6 Å². The lowest BCUT2D eigenvalue weighted by molar-refractivity contribution is -0.143. The Balaban J connectivity index is 3.01. The first-order valence-corrected chi connectivity index (χ1v) is 12.5. The topological polar surface area (TPSA) is 222 Å². The van der Waals surface area contributed by atoms with Crippen LogP contribution >= 0.6 is 11.8 Å². The van der Waals surface area contributed by atoms with Gasteiger partial charge in [-0.2, -0.15) is 11.8 Å². The Hall–Kier alpha value is -3.13. The van der Waals surface area contributed by atoms with Crippen LogP contribution in [0.5, 0.6) is 0 Å². The molecule has 196 valence electrons. The second-order valence-electron chi connectivity index (χ2n) is 8.36. The lowest BCUT2D eigenvalue weighted by Gasteiger charge is -2.26. The van der Waals surface area contributed by atoms with E-state index in [0.717, 1.165) is 0 Å². The number of carboxylic acid groups (broad SMARTS) is 1. The minimum absolute atomic E-state index is 0.00406. The SMILES string of the molecule is CSCCC(NC(=O)C(Cc1cnc[nH]1)NC(=O)C(N)CCC(N)=O)C(=O)NC(C(=O)O)C(C)C. The number of aromatic amines is 1. The number of aromatic nitrogens is 2. The van der Waals surface area contributed by atoms with Crippen molar-refractivity contribution in [2.24, 2.45) is 17.4 Å². The van der Waals surface area contributed by atoms with Gasteiger partial charge in [-0.3, -0.25) is 19.2 Å². The number of hydrogen-bond donors (Lipinski definition) is 7. The molecule has 0 saturated carbocycles. The van der Waals surface area contributed by atoms with Crippen LogP contribution in [0.4, 0.5) is 0 Å². The number of thioether (sulfide) groups is 1. The molecule has 0 spiro atoms. The number of nitrogens with two attached hydrogens (primary N) is 2. The largest absolute Gasteiger partial charge is 0.480 e. The summed E-state index contributed by atoms with van der Waals surface area (Å²) in [5.74, 6) is -3.61. The summed E-state index contributed by atoms with van der Waals surface area (Å²) in [6.45, 7) is 3.32. The van der Waals surface area contributed by atoms with Gasteiger partial charge in [-0.05, 0) is 30.8 Å². The quantitative estimate of drug-likeness (QED) is 0.136. The third-order valence-electron chi connectivity index (χ3n) is 5.12. The van der Waals surface area contributed by atoms with Gasteiger partial charge in [0, 0.05) is 24.7 Å². The second kappa shape index (κ2) is 15.0. The summed E-state index contributed by atoms with van der Waals surface area (Å²) in [5.41, 5.74) is 11.5. The Bertz CT molecular complexity index is 864. The molecule has 0 radical (unpaired) electrons. The van der Waals surface area contributed by atoms with Crippen molar-refractivity contribution >= 4 is 41.4 Å². The summed E-state index contributed by atoms with van der Waals surface area (Å²) in [6.07, 6.45) is 4.91. The van der Waals surface area contributed by atoms with Gasteiger partial charge in [0.05, 0.1) is 12.4 Å². The summed E-state index contributed by atoms with van der Waals surface area (Å²) in [4.78, 5) is 67.8. The van der Waals surface area contributed by atoms with Crippen molar-refractivity contribution in [3.05, 3.63) is 18.2 Å². The Morgan fingerprint density at radius 2 is 1.69 bits per heavy atom. The number of carbonyl (C=O) groups excluding carboxylic acids is 4. The first kappa shape index (κ1) is 29.9. The van der Waals surface area contributed by atoms with Gasteiger partial charge in [-0.15, -0.1) is 0 Å². The number of hydrogen-bond acceptors (Lipinski definition) is 8. The smallest absolute Gasteiger partial charge is 0.326 e. The average Bonchev–Trinajstić information content (AvgIpc) is 3.30. The highest BCUT2D eigenvalue weighted by Gasteiger charge is 2.31. The molecule has 4 atom stereocenters. The normalized spacial score (nSPS) is 14.4. The lowest BCUT2D eigenvalue weighted by Crippen LogP contribution is -2.58. The van der Waals surface area contributed by atoms with E-state index in [1.54, 1.807) is 13.8 Å². The molecule has 0 aromatic carbocycles. The van der Waals surface area contributed by atoms with Gasteiger partial charge in [0.1, 0.15) is 18.1 Å². The third-order valence-corrected chi connectivity index (χ3v) is 5.77. The van der Waals surface area contributed by atoms with Gasteiger partial charge >= 0.3 is 5.97 Å². The molecule has 4 unspecified atom stereocenters. The molecule has 35 heavy (non-hydrogen) atoms. The number of carboxylic acids is 1. The van der Waals surface area contributed by atoms with Crippen LogP contribution in [0.1, 0.15) is 38.8 Å². The molecule has 0 aliphatic carbocycles. The fraction of sp³-hybridized carbons (Fsp3) is 0.619. The molecular formula is C21H35N7O6S.